The number of para-hydroxylation sites is 1. The van der Waals surface area contributed by atoms with E-state index in [1.54, 1.807) is 0 Å². The lowest BCUT2D eigenvalue weighted by Crippen LogP contribution is -2.24. The molecule has 1 aliphatic carbocycles. The van der Waals surface area contributed by atoms with Crippen molar-refractivity contribution in [1.82, 2.24) is 0 Å². The summed E-state index contributed by atoms with van der Waals surface area (Å²) in [7, 11) is 0. The highest BCUT2D eigenvalue weighted by Crippen LogP contribution is 2.40. The molecule has 1 saturated carbocycles. The Bertz CT molecular complexity index is 753. The van der Waals surface area contributed by atoms with Gasteiger partial charge in [-0.2, -0.15) is 0 Å². The molecule has 1 aromatic carbocycles. The number of benzene rings is 1. The summed E-state index contributed by atoms with van der Waals surface area (Å²) in [6.07, 6.45) is 10.4. The van der Waals surface area contributed by atoms with E-state index in [-0.39, 0.29) is 11.3 Å². The van der Waals surface area contributed by atoms with Gasteiger partial charge in [0.1, 0.15) is 5.58 Å². The second-order valence-corrected chi connectivity index (χ2v) is 6.10. The highest BCUT2D eigenvalue weighted by atomic mass is 16.3. The first-order chi connectivity index (χ1) is 10.3. The minimum Gasteiger partial charge on any atom is -0.440 e. The molecule has 0 saturated heterocycles. The minimum atomic E-state index is 0.124. The first kappa shape index (κ1) is 12.7. The predicted molar refractivity (Wildman–Crippen MR) is 84.6 cm³/mol. The zero-order chi connectivity index (χ0) is 14.2. The van der Waals surface area contributed by atoms with Gasteiger partial charge in [-0.05, 0) is 30.9 Å². The molecule has 1 unspecified atom stereocenters. The highest BCUT2D eigenvalue weighted by Gasteiger charge is 2.30. The largest absolute Gasteiger partial charge is 0.440 e. The molecule has 1 aromatic heterocycles. The van der Waals surface area contributed by atoms with E-state index in [4.69, 9.17) is 4.42 Å². The third kappa shape index (κ3) is 2.08. The van der Waals surface area contributed by atoms with Gasteiger partial charge in [0.25, 0.3) is 0 Å². The molecule has 1 N–H and O–H groups in total. The van der Waals surface area contributed by atoms with Crippen molar-refractivity contribution >= 4 is 16.9 Å². The first-order valence-corrected chi connectivity index (χ1v) is 7.83. The van der Waals surface area contributed by atoms with Crippen LogP contribution in [0.15, 0.2) is 45.8 Å². The molecule has 2 aromatic rings. The molecule has 21 heavy (non-hydrogen) atoms. The van der Waals surface area contributed by atoms with Crippen LogP contribution in [0.25, 0.3) is 11.0 Å². The van der Waals surface area contributed by atoms with Crippen LogP contribution in [0.1, 0.15) is 43.6 Å². The van der Waals surface area contributed by atoms with Gasteiger partial charge in [-0.3, -0.25) is 4.79 Å². The molecule has 2 aliphatic rings. The van der Waals surface area contributed by atoms with Crippen molar-refractivity contribution < 1.29 is 4.42 Å². The third-order valence-corrected chi connectivity index (χ3v) is 4.84. The van der Waals surface area contributed by atoms with Crippen LogP contribution in [0.3, 0.4) is 0 Å². The molecule has 108 valence electrons. The Morgan fingerprint density at radius 2 is 1.90 bits per heavy atom. The number of hydrogen-bond donors (Lipinski definition) is 1. The van der Waals surface area contributed by atoms with E-state index in [0.29, 0.717) is 22.8 Å². The lowest BCUT2D eigenvalue weighted by atomic mass is 9.76. The van der Waals surface area contributed by atoms with Gasteiger partial charge in [-0.1, -0.05) is 37.5 Å². The summed E-state index contributed by atoms with van der Waals surface area (Å²) >= 11 is 0. The van der Waals surface area contributed by atoms with E-state index in [1.807, 2.05) is 30.5 Å². The van der Waals surface area contributed by atoms with Gasteiger partial charge in [-0.15, -0.1) is 0 Å². The molecule has 4 rings (SSSR count). The monoisotopic (exact) mass is 281 g/mol. The van der Waals surface area contributed by atoms with Crippen molar-refractivity contribution in [1.29, 1.82) is 0 Å². The van der Waals surface area contributed by atoms with Crippen molar-refractivity contribution in [2.75, 3.05) is 5.32 Å². The molecule has 1 fully saturated rings. The van der Waals surface area contributed by atoms with Crippen LogP contribution in [0.2, 0.25) is 0 Å². The fraction of sp³-hybridized carbons (Fsp3) is 0.389. The van der Waals surface area contributed by atoms with Gasteiger partial charge in [0.2, 0.25) is 5.88 Å². The summed E-state index contributed by atoms with van der Waals surface area (Å²) in [5, 5.41) is 3.81. The van der Waals surface area contributed by atoms with E-state index in [2.05, 4.69) is 11.4 Å². The molecule has 2 heterocycles. The quantitative estimate of drug-likeness (QED) is 0.842. The van der Waals surface area contributed by atoms with Crippen LogP contribution in [0.5, 0.6) is 0 Å². The number of rotatable bonds is 1. The molecule has 1 atom stereocenters. The van der Waals surface area contributed by atoms with Crippen LogP contribution < -0.4 is 10.7 Å². The number of hydrogen-bond acceptors (Lipinski definition) is 3. The van der Waals surface area contributed by atoms with Crippen molar-refractivity contribution in [2.24, 2.45) is 5.92 Å². The normalized spacial score (nSPS) is 22.0. The fourth-order valence-corrected chi connectivity index (χ4v) is 3.78. The lowest BCUT2D eigenvalue weighted by molar-refractivity contribution is 0.329. The van der Waals surface area contributed by atoms with Crippen molar-refractivity contribution in [3.8, 4) is 0 Å². The summed E-state index contributed by atoms with van der Waals surface area (Å²) in [5.41, 5.74) is 1.61. The van der Waals surface area contributed by atoms with Crippen LogP contribution in [-0.2, 0) is 0 Å². The maximum absolute atomic E-state index is 12.9. The van der Waals surface area contributed by atoms with Gasteiger partial charge >= 0.3 is 0 Å². The SMILES string of the molecule is O=c1c2c(oc3ccccc13)NC=CC2C1CCCCC1. The third-order valence-electron chi connectivity index (χ3n) is 4.84. The van der Waals surface area contributed by atoms with E-state index >= 15 is 0 Å². The van der Waals surface area contributed by atoms with Gasteiger partial charge in [0.15, 0.2) is 5.43 Å². The zero-order valence-corrected chi connectivity index (χ0v) is 12.0. The second-order valence-electron chi connectivity index (χ2n) is 6.10. The Kier molecular flexibility index (Phi) is 3.06. The van der Waals surface area contributed by atoms with Crippen molar-refractivity contribution in [2.45, 2.75) is 38.0 Å². The maximum atomic E-state index is 12.9. The molecule has 3 nitrogen and oxygen atoms in total. The summed E-state index contributed by atoms with van der Waals surface area (Å²) < 4.78 is 5.92. The maximum Gasteiger partial charge on any atom is 0.205 e. The summed E-state index contributed by atoms with van der Waals surface area (Å²) in [4.78, 5) is 12.9. The second kappa shape index (κ2) is 5.06. The number of allylic oxidation sites excluding steroid dienone is 1. The smallest absolute Gasteiger partial charge is 0.205 e. The standard InChI is InChI=1S/C18H19NO2/c20-17-14-8-4-5-9-15(14)21-18-16(17)13(10-11-19-18)12-6-2-1-3-7-12/h4-5,8-13,19H,1-3,6-7H2. The predicted octanol–water partition coefficient (Wildman–Crippen LogP) is 4.40. The van der Waals surface area contributed by atoms with Crippen LogP contribution in [-0.4, -0.2) is 0 Å². The summed E-state index contributed by atoms with van der Waals surface area (Å²) in [6.45, 7) is 0. The van der Waals surface area contributed by atoms with Crippen molar-refractivity contribution in [3.63, 3.8) is 0 Å². The number of anilines is 1. The fourth-order valence-electron chi connectivity index (χ4n) is 3.78. The molecular weight excluding hydrogens is 262 g/mol. The van der Waals surface area contributed by atoms with Gasteiger partial charge in [0.05, 0.1) is 10.9 Å². The van der Waals surface area contributed by atoms with Crippen LogP contribution in [0.4, 0.5) is 5.88 Å². The molecule has 1 aliphatic heterocycles. The Hall–Kier alpha value is -2.03. The molecule has 0 bridgehead atoms. The lowest BCUT2D eigenvalue weighted by Gasteiger charge is -2.30. The van der Waals surface area contributed by atoms with Gasteiger partial charge in [-0.25, -0.2) is 0 Å². The van der Waals surface area contributed by atoms with E-state index in [0.717, 1.165) is 5.56 Å². The average molecular weight is 281 g/mol. The summed E-state index contributed by atoms with van der Waals surface area (Å²) in [6, 6.07) is 7.51. The highest BCUT2D eigenvalue weighted by molar-refractivity contribution is 5.79. The zero-order valence-electron chi connectivity index (χ0n) is 12.0. The van der Waals surface area contributed by atoms with E-state index in [9.17, 15) is 4.79 Å². The Morgan fingerprint density at radius 1 is 1.10 bits per heavy atom. The first-order valence-electron chi connectivity index (χ1n) is 7.83. The Morgan fingerprint density at radius 3 is 2.76 bits per heavy atom. The Labute approximate surface area is 123 Å². The molecule has 0 amide bonds. The van der Waals surface area contributed by atoms with E-state index < -0.39 is 0 Å². The molecular formula is C18H19NO2. The average Bonchev–Trinajstić information content (AvgIpc) is 2.55. The van der Waals surface area contributed by atoms with Crippen LogP contribution in [0, 0.1) is 5.92 Å². The molecule has 3 heteroatoms. The van der Waals surface area contributed by atoms with Gasteiger partial charge < -0.3 is 9.73 Å². The number of fused-ring (bicyclic) bond motifs is 2. The van der Waals surface area contributed by atoms with Crippen molar-refractivity contribution in [3.05, 3.63) is 52.3 Å². The number of nitrogens with one attached hydrogen (secondary N) is 1. The Balaban J connectivity index is 1.88. The van der Waals surface area contributed by atoms with Crippen LogP contribution >= 0.6 is 0 Å². The molecule has 0 spiro atoms. The topological polar surface area (TPSA) is 42.2 Å². The summed E-state index contributed by atoms with van der Waals surface area (Å²) in [5.74, 6) is 1.40. The van der Waals surface area contributed by atoms with Gasteiger partial charge in [0, 0.05) is 12.1 Å². The molecule has 0 radical (unpaired) electrons. The van der Waals surface area contributed by atoms with E-state index in [1.165, 1.54) is 32.1 Å². The minimum absolute atomic E-state index is 0.124.